The molecule has 0 heterocycles. The van der Waals surface area contributed by atoms with Crippen molar-refractivity contribution >= 4 is 27.3 Å². The third-order valence-corrected chi connectivity index (χ3v) is 5.69. The molecule has 7 nitrogen and oxygen atoms in total. The molecule has 1 atom stereocenters. The second-order valence-electron chi connectivity index (χ2n) is 5.56. The molecule has 0 aliphatic rings. The van der Waals surface area contributed by atoms with Crippen LogP contribution in [0.25, 0.3) is 0 Å². The molecule has 9 heteroatoms. The Bertz CT molecular complexity index is 663. The minimum absolute atomic E-state index is 0.0915. The Morgan fingerprint density at radius 2 is 1.96 bits per heavy atom. The van der Waals surface area contributed by atoms with E-state index in [1.165, 1.54) is 12.1 Å². The van der Waals surface area contributed by atoms with E-state index >= 15 is 0 Å². The monoisotopic (exact) mass is 377 g/mol. The van der Waals surface area contributed by atoms with Gasteiger partial charge in [-0.1, -0.05) is 25.4 Å². The summed E-state index contributed by atoms with van der Waals surface area (Å²) in [4.78, 5) is 12.3. The van der Waals surface area contributed by atoms with Crippen LogP contribution in [0.3, 0.4) is 0 Å². The molecular formula is C15H24ClN3O4S. The van der Waals surface area contributed by atoms with Crippen LogP contribution in [0.2, 0.25) is 5.02 Å². The van der Waals surface area contributed by atoms with Crippen molar-refractivity contribution in [1.29, 1.82) is 0 Å². The molecule has 0 amide bonds. The Morgan fingerprint density at radius 3 is 2.50 bits per heavy atom. The molecule has 0 aliphatic heterocycles. The number of sulfonamides is 1. The number of nitrogens with one attached hydrogen (secondary N) is 1. The zero-order valence-corrected chi connectivity index (χ0v) is 15.7. The molecule has 0 saturated heterocycles. The van der Waals surface area contributed by atoms with Crippen molar-refractivity contribution in [2.24, 2.45) is 0 Å². The first-order valence-electron chi connectivity index (χ1n) is 7.89. The molecule has 0 unspecified atom stereocenters. The topological polar surface area (TPSA) is 92.6 Å². The van der Waals surface area contributed by atoms with E-state index in [1.54, 1.807) is 6.92 Å². The van der Waals surface area contributed by atoms with Crippen LogP contribution in [0.5, 0.6) is 0 Å². The number of nitro benzene ring substituents is 1. The van der Waals surface area contributed by atoms with Crippen LogP contribution in [0, 0.1) is 10.1 Å². The zero-order valence-electron chi connectivity index (χ0n) is 14.2. The van der Waals surface area contributed by atoms with Crippen LogP contribution in [0.15, 0.2) is 23.1 Å². The number of halogens is 1. The maximum absolute atomic E-state index is 12.4. The summed E-state index contributed by atoms with van der Waals surface area (Å²) in [6, 6.07) is 3.20. The van der Waals surface area contributed by atoms with E-state index in [2.05, 4.69) is 23.5 Å². The van der Waals surface area contributed by atoms with Gasteiger partial charge in [0.25, 0.3) is 5.69 Å². The molecular weight excluding hydrogens is 354 g/mol. The zero-order chi connectivity index (χ0) is 18.3. The molecule has 0 saturated carbocycles. The van der Waals surface area contributed by atoms with E-state index in [4.69, 9.17) is 11.6 Å². The van der Waals surface area contributed by atoms with Gasteiger partial charge in [-0.15, -0.1) is 0 Å². The van der Waals surface area contributed by atoms with Crippen molar-refractivity contribution in [1.82, 2.24) is 9.62 Å². The average molecular weight is 378 g/mol. The van der Waals surface area contributed by atoms with Gasteiger partial charge in [0.2, 0.25) is 10.0 Å². The van der Waals surface area contributed by atoms with E-state index in [0.717, 1.165) is 32.1 Å². The molecule has 0 fully saturated rings. The van der Waals surface area contributed by atoms with E-state index in [9.17, 15) is 18.5 Å². The lowest BCUT2D eigenvalue weighted by Gasteiger charge is -2.19. The van der Waals surface area contributed by atoms with Crippen LogP contribution < -0.4 is 4.72 Å². The summed E-state index contributed by atoms with van der Waals surface area (Å²) in [5.41, 5.74) is -0.422. The van der Waals surface area contributed by atoms with Gasteiger partial charge in [-0.2, -0.15) is 0 Å². The second-order valence-corrected chi connectivity index (χ2v) is 7.68. The van der Waals surface area contributed by atoms with Gasteiger partial charge in [0.1, 0.15) is 5.02 Å². The van der Waals surface area contributed by atoms with Gasteiger partial charge >= 0.3 is 0 Å². The molecule has 24 heavy (non-hydrogen) atoms. The Labute approximate surface area is 148 Å². The molecule has 0 bridgehead atoms. The van der Waals surface area contributed by atoms with Gasteiger partial charge < -0.3 is 4.90 Å². The van der Waals surface area contributed by atoms with Gasteiger partial charge in [0.05, 0.1) is 9.82 Å². The second kappa shape index (κ2) is 9.31. The van der Waals surface area contributed by atoms with Crippen LogP contribution >= 0.6 is 11.6 Å². The Hall–Kier alpha value is -1.22. The fraction of sp³-hybridized carbons (Fsp3) is 0.600. The summed E-state index contributed by atoms with van der Waals surface area (Å²) in [7, 11) is -3.82. The summed E-state index contributed by atoms with van der Waals surface area (Å²) in [6.45, 7) is 8.79. The molecule has 0 aromatic heterocycles. The van der Waals surface area contributed by atoms with Crippen LogP contribution in [0.4, 0.5) is 5.69 Å². The number of nitrogens with zero attached hydrogens (tertiary/aromatic N) is 2. The van der Waals surface area contributed by atoms with Crippen molar-refractivity contribution in [3.63, 3.8) is 0 Å². The van der Waals surface area contributed by atoms with Crippen molar-refractivity contribution in [3.8, 4) is 0 Å². The summed E-state index contributed by atoms with van der Waals surface area (Å²) in [6.07, 6.45) is 1.55. The minimum Gasteiger partial charge on any atom is -0.304 e. The highest BCUT2D eigenvalue weighted by Crippen LogP contribution is 2.27. The quantitative estimate of drug-likeness (QED) is 0.499. The fourth-order valence-corrected chi connectivity index (χ4v) is 3.84. The molecule has 0 spiro atoms. The number of benzene rings is 1. The molecule has 1 aromatic rings. The van der Waals surface area contributed by atoms with Gasteiger partial charge in [0, 0.05) is 12.1 Å². The summed E-state index contributed by atoms with van der Waals surface area (Å²) in [5.74, 6) is 0. The Balaban J connectivity index is 2.72. The van der Waals surface area contributed by atoms with Crippen LogP contribution in [-0.2, 0) is 10.0 Å². The first-order valence-corrected chi connectivity index (χ1v) is 9.76. The fourth-order valence-electron chi connectivity index (χ4n) is 2.35. The van der Waals surface area contributed by atoms with Gasteiger partial charge in [-0.05, 0) is 51.5 Å². The lowest BCUT2D eigenvalue weighted by molar-refractivity contribution is -0.384. The lowest BCUT2D eigenvalue weighted by Crippen LogP contribution is -2.33. The van der Waals surface area contributed by atoms with Gasteiger partial charge in [0.15, 0.2) is 0 Å². The van der Waals surface area contributed by atoms with Crippen LogP contribution in [-0.4, -0.2) is 43.9 Å². The highest BCUT2D eigenvalue weighted by molar-refractivity contribution is 7.89. The molecule has 1 N–H and O–H groups in total. The van der Waals surface area contributed by atoms with Crippen molar-refractivity contribution in [2.75, 3.05) is 19.6 Å². The smallest absolute Gasteiger partial charge is 0.289 e. The Kier molecular flexibility index (Phi) is 8.08. The Morgan fingerprint density at radius 1 is 1.33 bits per heavy atom. The highest BCUT2D eigenvalue weighted by atomic mass is 35.5. The summed E-state index contributed by atoms with van der Waals surface area (Å²) >= 11 is 5.71. The number of rotatable bonds is 10. The van der Waals surface area contributed by atoms with Crippen LogP contribution in [0.1, 0.15) is 33.6 Å². The van der Waals surface area contributed by atoms with E-state index < -0.39 is 20.6 Å². The third-order valence-electron chi connectivity index (χ3n) is 3.79. The van der Waals surface area contributed by atoms with Crippen molar-refractivity contribution < 1.29 is 13.3 Å². The molecule has 1 aromatic carbocycles. The maximum atomic E-state index is 12.4. The molecule has 0 aliphatic carbocycles. The van der Waals surface area contributed by atoms with Crippen molar-refractivity contribution in [2.45, 2.75) is 44.6 Å². The summed E-state index contributed by atoms with van der Waals surface area (Å²) < 4.78 is 27.3. The lowest BCUT2D eigenvalue weighted by atomic mass is 10.2. The number of hydrogen-bond acceptors (Lipinski definition) is 5. The highest BCUT2D eigenvalue weighted by Gasteiger charge is 2.22. The summed E-state index contributed by atoms with van der Waals surface area (Å²) in [5, 5.41) is 10.8. The number of hydrogen-bond donors (Lipinski definition) is 1. The predicted octanol–water partition coefficient (Wildman–Crippen LogP) is 3.04. The SMILES string of the molecule is CCN(CC)CCC[C@H](C)NS(=O)(=O)c1ccc(Cl)c([N+](=O)[O-])c1. The molecule has 136 valence electrons. The average Bonchev–Trinajstić information content (AvgIpc) is 2.51. The largest absolute Gasteiger partial charge is 0.304 e. The minimum atomic E-state index is -3.82. The normalized spacial score (nSPS) is 13.2. The first-order chi connectivity index (χ1) is 11.2. The standard InChI is InChI=1S/C15H24ClN3O4S/c1-4-18(5-2)10-6-7-12(3)17-24(22,23)13-8-9-14(16)15(11-13)19(20)21/h8-9,11-12,17H,4-7,10H2,1-3H3/t12-/m0/s1. The van der Waals surface area contributed by atoms with E-state index in [1.807, 2.05) is 0 Å². The molecule has 1 rings (SSSR count). The third kappa shape index (κ3) is 6.01. The maximum Gasteiger partial charge on any atom is 0.289 e. The predicted molar refractivity (Wildman–Crippen MR) is 94.9 cm³/mol. The molecule has 0 radical (unpaired) electrons. The number of nitro groups is 1. The van der Waals surface area contributed by atoms with E-state index in [0.29, 0.717) is 6.42 Å². The van der Waals surface area contributed by atoms with Crippen molar-refractivity contribution in [3.05, 3.63) is 33.3 Å². The van der Waals surface area contributed by atoms with E-state index in [-0.39, 0.29) is 16.0 Å². The first kappa shape index (κ1) is 20.8. The van der Waals surface area contributed by atoms with Gasteiger partial charge in [-0.3, -0.25) is 10.1 Å². The van der Waals surface area contributed by atoms with Gasteiger partial charge in [-0.25, -0.2) is 13.1 Å².